The monoisotopic (exact) mass is 707 g/mol. The molecule has 0 atom stereocenters. The third kappa shape index (κ3) is 5.04. The Balaban J connectivity index is 0.932. The Bertz CT molecular complexity index is 3010. The first-order valence-corrected chi connectivity index (χ1v) is 18.6. The van der Waals surface area contributed by atoms with Crippen LogP contribution in [0.15, 0.2) is 164 Å². The predicted molar refractivity (Wildman–Crippen MR) is 221 cm³/mol. The molecule has 0 unspecified atom stereocenters. The van der Waals surface area contributed by atoms with Gasteiger partial charge in [0, 0.05) is 27.7 Å². The van der Waals surface area contributed by atoms with Gasteiger partial charge in [0.2, 0.25) is 0 Å². The maximum absolute atomic E-state index is 6.63. The third-order valence-corrected chi connectivity index (χ3v) is 11.2. The smallest absolute Gasteiger partial charge is 0.178 e. The molecule has 0 amide bonds. The van der Waals surface area contributed by atoms with Gasteiger partial charge < -0.3 is 9.47 Å². The van der Waals surface area contributed by atoms with E-state index in [-0.39, 0.29) is 5.41 Å². The average molecular weight is 708 g/mol. The van der Waals surface area contributed by atoms with Crippen molar-refractivity contribution < 1.29 is 9.47 Å². The van der Waals surface area contributed by atoms with Crippen LogP contribution in [-0.4, -0.2) is 15.0 Å². The molecule has 0 spiro atoms. The quantitative estimate of drug-likeness (QED) is 0.170. The molecule has 0 saturated heterocycles. The van der Waals surface area contributed by atoms with E-state index < -0.39 is 0 Å². The van der Waals surface area contributed by atoms with Crippen LogP contribution in [0.2, 0.25) is 0 Å². The van der Waals surface area contributed by atoms with Crippen molar-refractivity contribution in [2.45, 2.75) is 19.3 Å². The lowest BCUT2D eigenvalue weighted by atomic mass is 9.82. The summed E-state index contributed by atoms with van der Waals surface area (Å²) in [4.78, 5) is 15.0. The van der Waals surface area contributed by atoms with E-state index in [2.05, 4.69) is 135 Å². The molecule has 8 aromatic carbocycles. The summed E-state index contributed by atoms with van der Waals surface area (Å²) in [6, 6.07) is 56.7. The molecule has 0 radical (unpaired) electrons. The van der Waals surface area contributed by atoms with Crippen molar-refractivity contribution in [2.24, 2.45) is 0 Å². The number of hydrogen-bond donors (Lipinski definition) is 0. The number of ether oxygens (including phenoxy) is 2. The van der Waals surface area contributed by atoms with Gasteiger partial charge in [-0.3, -0.25) is 0 Å². The lowest BCUT2D eigenvalue weighted by molar-refractivity contribution is 0.360. The first-order valence-electron chi connectivity index (χ1n) is 18.6. The largest absolute Gasteiger partial charge is 0.449 e. The standard InChI is InChI=1S/C50H33N3O2/c1-50(2)40-15-9-8-14-39(40)45-41(50)25-27-43-46(45)55-42-26-23-34(29-44(42)54-43)30-16-19-33(20-17-30)48-51-47(32-11-4-3-5-12-32)52-49(53-48)36-22-24-38-35(28-36)21-18-31-10-6-7-13-37(31)38/h3-29H,1-2H3. The van der Waals surface area contributed by atoms with Crippen molar-refractivity contribution in [1.29, 1.82) is 0 Å². The summed E-state index contributed by atoms with van der Waals surface area (Å²) in [6.45, 7) is 4.54. The van der Waals surface area contributed by atoms with E-state index in [1.165, 1.54) is 32.8 Å². The zero-order chi connectivity index (χ0) is 36.7. The average Bonchev–Trinajstić information content (AvgIpc) is 3.48. The lowest BCUT2D eigenvalue weighted by Gasteiger charge is -2.25. The predicted octanol–water partition coefficient (Wildman–Crippen LogP) is 13.1. The fourth-order valence-corrected chi connectivity index (χ4v) is 8.32. The van der Waals surface area contributed by atoms with Gasteiger partial charge in [-0.05, 0) is 73.6 Å². The Labute approximate surface area is 318 Å². The van der Waals surface area contributed by atoms with Crippen LogP contribution in [0.3, 0.4) is 0 Å². The van der Waals surface area contributed by atoms with Gasteiger partial charge in [-0.1, -0.05) is 153 Å². The second kappa shape index (κ2) is 12.0. The van der Waals surface area contributed by atoms with E-state index in [0.29, 0.717) is 29.0 Å². The zero-order valence-electron chi connectivity index (χ0n) is 30.2. The summed E-state index contributed by atoms with van der Waals surface area (Å²) in [5, 5.41) is 4.80. The molecule has 0 N–H and O–H groups in total. The topological polar surface area (TPSA) is 57.1 Å². The summed E-state index contributed by atoms with van der Waals surface area (Å²) in [7, 11) is 0. The molecule has 2 heterocycles. The molecule has 9 aromatic rings. The Kier molecular flexibility index (Phi) is 6.83. The van der Waals surface area contributed by atoms with Crippen LogP contribution in [0.1, 0.15) is 25.0 Å². The van der Waals surface area contributed by atoms with E-state index in [1.54, 1.807) is 0 Å². The van der Waals surface area contributed by atoms with Gasteiger partial charge in [-0.2, -0.15) is 0 Å². The number of aromatic nitrogens is 3. The Morgan fingerprint density at radius 1 is 0.400 bits per heavy atom. The first-order chi connectivity index (χ1) is 27.0. The van der Waals surface area contributed by atoms with Crippen molar-refractivity contribution in [3.63, 3.8) is 0 Å². The number of fused-ring (bicyclic) bond motifs is 9. The molecular formula is C50H33N3O2. The highest BCUT2D eigenvalue weighted by molar-refractivity contribution is 6.08. The van der Waals surface area contributed by atoms with Crippen molar-refractivity contribution in [2.75, 3.05) is 0 Å². The summed E-state index contributed by atoms with van der Waals surface area (Å²) < 4.78 is 13.2. The van der Waals surface area contributed by atoms with Gasteiger partial charge >= 0.3 is 0 Å². The molecule has 0 saturated carbocycles. The van der Waals surface area contributed by atoms with Gasteiger partial charge in [-0.25, -0.2) is 15.0 Å². The minimum Gasteiger partial charge on any atom is -0.449 e. The fraction of sp³-hybridized carbons (Fsp3) is 0.0600. The molecule has 5 nitrogen and oxygen atoms in total. The van der Waals surface area contributed by atoms with Gasteiger partial charge in [0.05, 0.1) is 0 Å². The highest BCUT2D eigenvalue weighted by Gasteiger charge is 2.39. The van der Waals surface area contributed by atoms with Crippen LogP contribution in [0.25, 0.3) is 78.0 Å². The van der Waals surface area contributed by atoms with Crippen LogP contribution in [0.4, 0.5) is 0 Å². The van der Waals surface area contributed by atoms with E-state index in [1.807, 2.05) is 42.5 Å². The first kappa shape index (κ1) is 31.4. The van der Waals surface area contributed by atoms with Crippen LogP contribution >= 0.6 is 0 Å². The second-order valence-electron chi connectivity index (χ2n) is 14.8. The number of hydrogen-bond acceptors (Lipinski definition) is 5. The number of nitrogens with zero attached hydrogens (tertiary/aromatic N) is 3. The Hall–Kier alpha value is -7.11. The van der Waals surface area contributed by atoms with Crippen molar-refractivity contribution in [1.82, 2.24) is 15.0 Å². The van der Waals surface area contributed by atoms with Crippen molar-refractivity contribution in [3.05, 3.63) is 175 Å². The van der Waals surface area contributed by atoms with E-state index in [9.17, 15) is 0 Å². The molecule has 1 aromatic heterocycles. The zero-order valence-corrected chi connectivity index (χ0v) is 30.2. The van der Waals surface area contributed by atoms with E-state index >= 15 is 0 Å². The lowest BCUT2D eigenvalue weighted by Crippen LogP contribution is -2.15. The molecule has 1 aliphatic heterocycles. The summed E-state index contributed by atoms with van der Waals surface area (Å²) in [5.74, 6) is 4.79. The maximum Gasteiger partial charge on any atom is 0.178 e. The molecule has 0 bridgehead atoms. The molecular weight excluding hydrogens is 675 g/mol. The molecule has 55 heavy (non-hydrogen) atoms. The Morgan fingerprint density at radius 3 is 1.85 bits per heavy atom. The molecule has 5 heteroatoms. The molecule has 260 valence electrons. The van der Waals surface area contributed by atoms with Gasteiger partial charge in [0.25, 0.3) is 0 Å². The van der Waals surface area contributed by atoms with Crippen LogP contribution < -0.4 is 9.47 Å². The Morgan fingerprint density at radius 2 is 1.02 bits per heavy atom. The van der Waals surface area contributed by atoms with Crippen molar-refractivity contribution in [3.8, 4) is 79.4 Å². The van der Waals surface area contributed by atoms with Crippen LogP contribution in [0.5, 0.6) is 23.0 Å². The van der Waals surface area contributed by atoms with Gasteiger partial charge in [-0.15, -0.1) is 0 Å². The normalized spacial score (nSPS) is 13.3. The van der Waals surface area contributed by atoms with Gasteiger partial charge in [0.15, 0.2) is 40.5 Å². The maximum atomic E-state index is 6.63. The fourth-order valence-electron chi connectivity index (χ4n) is 8.32. The summed E-state index contributed by atoms with van der Waals surface area (Å²) in [5.41, 5.74) is 9.62. The van der Waals surface area contributed by atoms with E-state index in [4.69, 9.17) is 24.4 Å². The second-order valence-corrected chi connectivity index (χ2v) is 14.8. The van der Waals surface area contributed by atoms with E-state index in [0.717, 1.165) is 50.3 Å². The minimum absolute atomic E-state index is 0.112. The van der Waals surface area contributed by atoms with Crippen molar-refractivity contribution >= 4 is 21.5 Å². The summed E-state index contributed by atoms with van der Waals surface area (Å²) in [6.07, 6.45) is 0. The molecule has 1 aliphatic carbocycles. The molecule has 11 rings (SSSR count). The molecule has 2 aliphatic rings. The number of benzene rings is 8. The molecule has 0 fully saturated rings. The van der Waals surface area contributed by atoms with Crippen LogP contribution in [-0.2, 0) is 5.41 Å². The highest BCUT2D eigenvalue weighted by Crippen LogP contribution is 2.58. The number of rotatable bonds is 4. The van der Waals surface area contributed by atoms with Crippen LogP contribution in [0, 0.1) is 0 Å². The van der Waals surface area contributed by atoms with Gasteiger partial charge in [0.1, 0.15) is 0 Å². The SMILES string of the molecule is CC1(C)c2ccccc2-c2c1ccc1c2Oc2ccc(-c3ccc(-c4nc(-c5ccccc5)nc(-c5ccc6c(ccc7ccccc76)c5)n4)cc3)cc2O1. The summed E-state index contributed by atoms with van der Waals surface area (Å²) >= 11 is 0. The highest BCUT2D eigenvalue weighted by atomic mass is 16.6. The minimum atomic E-state index is -0.112. The third-order valence-electron chi connectivity index (χ3n) is 11.2.